The molecule has 7 nitrogen and oxygen atoms in total. The van der Waals surface area contributed by atoms with Gasteiger partial charge in [0.2, 0.25) is 5.91 Å². The lowest BCUT2D eigenvalue weighted by molar-refractivity contribution is -0.147. The molecule has 2 amide bonds. The lowest BCUT2D eigenvalue weighted by Crippen LogP contribution is -2.60. The number of rotatable bonds is 4. The SMILES string of the molecule is CCOC(=O)C[C@@H]1C(=O)NCCN1C(=S)NC(=O)c1cccc(Cl)c1. The van der Waals surface area contributed by atoms with Crippen LogP contribution in [0, 0.1) is 0 Å². The number of piperazine rings is 1. The van der Waals surface area contributed by atoms with Gasteiger partial charge in [0.15, 0.2) is 5.11 Å². The molecule has 2 N–H and O–H groups in total. The van der Waals surface area contributed by atoms with Gasteiger partial charge in [0.05, 0.1) is 13.0 Å². The maximum atomic E-state index is 12.3. The first kappa shape index (κ1) is 19.1. The van der Waals surface area contributed by atoms with Crippen LogP contribution in [0.1, 0.15) is 23.7 Å². The van der Waals surface area contributed by atoms with E-state index in [9.17, 15) is 14.4 Å². The largest absolute Gasteiger partial charge is 0.466 e. The molecule has 0 unspecified atom stereocenters. The van der Waals surface area contributed by atoms with E-state index in [2.05, 4.69) is 10.6 Å². The third-order valence-corrected chi connectivity index (χ3v) is 4.14. The molecular weight excluding hydrogens is 366 g/mol. The average Bonchev–Trinajstić information content (AvgIpc) is 2.56. The Morgan fingerprint density at radius 3 is 2.92 bits per heavy atom. The van der Waals surface area contributed by atoms with Crippen LogP contribution >= 0.6 is 23.8 Å². The third kappa shape index (κ3) is 5.14. The number of amides is 2. The van der Waals surface area contributed by atoms with E-state index in [0.29, 0.717) is 23.7 Å². The van der Waals surface area contributed by atoms with E-state index < -0.39 is 17.9 Å². The first-order chi connectivity index (χ1) is 11.9. The first-order valence-electron chi connectivity index (χ1n) is 7.73. The number of esters is 1. The highest BCUT2D eigenvalue weighted by Crippen LogP contribution is 2.13. The van der Waals surface area contributed by atoms with E-state index >= 15 is 0 Å². The van der Waals surface area contributed by atoms with Crippen molar-refractivity contribution < 1.29 is 19.1 Å². The number of halogens is 1. The molecule has 9 heteroatoms. The molecule has 0 spiro atoms. The molecule has 1 aliphatic rings. The average molecular weight is 384 g/mol. The molecule has 1 atom stereocenters. The van der Waals surface area contributed by atoms with E-state index in [-0.39, 0.29) is 24.0 Å². The Morgan fingerprint density at radius 2 is 2.24 bits per heavy atom. The second-order valence-electron chi connectivity index (χ2n) is 5.28. The molecule has 1 heterocycles. The summed E-state index contributed by atoms with van der Waals surface area (Å²) in [6.45, 7) is 2.66. The fourth-order valence-electron chi connectivity index (χ4n) is 2.41. The number of carbonyl (C=O) groups is 3. The summed E-state index contributed by atoms with van der Waals surface area (Å²) in [4.78, 5) is 37.6. The van der Waals surface area contributed by atoms with Crippen LogP contribution in [0.3, 0.4) is 0 Å². The van der Waals surface area contributed by atoms with Crippen LogP contribution in [0.4, 0.5) is 0 Å². The lowest BCUT2D eigenvalue weighted by Gasteiger charge is -2.36. The van der Waals surface area contributed by atoms with E-state index in [1.165, 1.54) is 11.0 Å². The molecule has 2 rings (SSSR count). The Labute approximate surface area is 155 Å². The number of carbonyl (C=O) groups excluding carboxylic acids is 3. The normalized spacial score (nSPS) is 16.8. The van der Waals surface area contributed by atoms with Gasteiger partial charge in [-0.25, -0.2) is 0 Å². The summed E-state index contributed by atoms with van der Waals surface area (Å²) in [5, 5.41) is 5.76. The van der Waals surface area contributed by atoms with Crippen molar-refractivity contribution >= 4 is 46.7 Å². The number of nitrogens with one attached hydrogen (secondary N) is 2. The van der Waals surface area contributed by atoms with Crippen molar-refractivity contribution in [1.82, 2.24) is 15.5 Å². The van der Waals surface area contributed by atoms with E-state index in [4.69, 9.17) is 28.6 Å². The molecule has 0 aromatic heterocycles. The van der Waals surface area contributed by atoms with Crippen LogP contribution in [0.15, 0.2) is 24.3 Å². The van der Waals surface area contributed by atoms with Gasteiger partial charge in [-0.05, 0) is 37.3 Å². The molecule has 1 aliphatic heterocycles. The van der Waals surface area contributed by atoms with Crippen molar-refractivity contribution in [2.24, 2.45) is 0 Å². The minimum absolute atomic E-state index is 0.0779. The molecule has 0 aliphatic carbocycles. The van der Waals surface area contributed by atoms with Crippen molar-refractivity contribution in [2.45, 2.75) is 19.4 Å². The molecule has 25 heavy (non-hydrogen) atoms. The summed E-state index contributed by atoms with van der Waals surface area (Å²) in [7, 11) is 0. The Kier molecular flexibility index (Phi) is 6.72. The van der Waals surface area contributed by atoms with Crippen LogP contribution in [0.5, 0.6) is 0 Å². The monoisotopic (exact) mass is 383 g/mol. The topological polar surface area (TPSA) is 87.7 Å². The quantitative estimate of drug-likeness (QED) is 0.598. The summed E-state index contributed by atoms with van der Waals surface area (Å²) in [5.41, 5.74) is 0.346. The van der Waals surface area contributed by atoms with Gasteiger partial charge < -0.3 is 15.0 Å². The molecule has 1 fully saturated rings. The number of ether oxygens (including phenoxy) is 1. The second kappa shape index (κ2) is 8.77. The fraction of sp³-hybridized carbons (Fsp3) is 0.375. The lowest BCUT2D eigenvalue weighted by atomic mass is 10.1. The Bertz CT molecular complexity index is 698. The minimum atomic E-state index is -0.819. The molecular formula is C16H18ClN3O4S. The zero-order valence-corrected chi connectivity index (χ0v) is 15.2. The predicted molar refractivity (Wildman–Crippen MR) is 96.3 cm³/mol. The summed E-state index contributed by atoms with van der Waals surface area (Å²) in [6.07, 6.45) is -0.146. The van der Waals surface area contributed by atoms with Crippen molar-refractivity contribution in [3.8, 4) is 0 Å². The number of hydrogen-bond donors (Lipinski definition) is 2. The van der Waals surface area contributed by atoms with Gasteiger partial charge in [-0.2, -0.15) is 0 Å². The summed E-state index contributed by atoms with van der Waals surface area (Å²) < 4.78 is 4.89. The molecule has 0 radical (unpaired) electrons. The van der Waals surface area contributed by atoms with Crippen molar-refractivity contribution in [3.05, 3.63) is 34.9 Å². The Hall–Kier alpha value is -2.19. The van der Waals surface area contributed by atoms with Crippen LogP contribution < -0.4 is 10.6 Å². The van der Waals surface area contributed by atoms with Crippen molar-refractivity contribution in [1.29, 1.82) is 0 Å². The first-order valence-corrected chi connectivity index (χ1v) is 8.52. The predicted octanol–water partition coefficient (Wildman–Crippen LogP) is 1.11. The number of hydrogen-bond acceptors (Lipinski definition) is 5. The summed E-state index contributed by atoms with van der Waals surface area (Å²) in [5.74, 6) is -1.27. The van der Waals surface area contributed by atoms with E-state index in [0.717, 1.165) is 0 Å². The summed E-state index contributed by atoms with van der Waals surface area (Å²) >= 11 is 11.1. The number of thiocarbonyl (C=S) groups is 1. The third-order valence-electron chi connectivity index (χ3n) is 3.56. The summed E-state index contributed by atoms with van der Waals surface area (Å²) in [6, 6.07) is 5.60. The smallest absolute Gasteiger partial charge is 0.308 e. The molecule has 0 bridgehead atoms. The van der Waals surface area contributed by atoms with Crippen LogP contribution in [-0.2, 0) is 14.3 Å². The van der Waals surface area contributed by atoms with Gasteiger partial charge >= 0.3 is 5.97 Å². The zero-order valence-electron chi connectivity index (χ0n) is 13.6. The standard InChI is InChI=1S/C16H18ClN3O4S/c1-2-24-13(21)9-12-15(23)18-6-7-20(12)16(25)19-14(22)10-4-3-5-11(17)8-10/h3-5,8,12H,2,6-7,9H2,1H3,(H,18,23)(H,19,22,25)/t12-/m1/s1. The maximum Gasteiger partial charge on any atom is 0.308 e. The van der Waals surface area contributed by atoms with Crippen molar-refractivity contribution in [3.63, 3.8) is 0 Å². The molecule has 134 valence electrons. The van der Waals surface area contributed by atoms with Gasteiger partial charge in [0.1, 0.15) is 6.04 Å². The Morgan fingerprint density at radius 1 is 1.48 bits per heavy atom. The van der Waals surface area contributed by atoms with E-state index in [1.807, 2.05) is 0 Å². The van der Waals surface area contributed by atoms with Crippen LogP contribution in [0.25, 0.3) is 0 Å². The van der Waals surface area contributed by atoms with Crippen LogP contribution in [0.2, 0.25) is 5.02 Å². The van der Waals surface area contributed by atoms with Gasteiger partial charge in [-0.1, -0.05) is 17.7 Å². The number of benzene rings is 1. The number of nitrogens with zero attached hydrogens (tertiary/aromatic N) is 1. The highest BCUT2D eigenvalue weighted by atomic mass is 35.5. The molecule has 0 saturated carbocycles. The van der Waals surface area contributed by atoms with Gasteiger partial charge in [-0.15, -0.1) is 0 Å². The maximum absolute atomic E-state index is 12.3. The van der Waals surface area contributed by atoms with Crippen LogP contribution in [-0.4, -0.2) is 53.5 Å². The highest BCUT2D eigenvalue weighted by molar-refractivity contribution is 7.80. The highest BCUT2D eigenvalue weighted by Gasteiger charge is 2.34. The zero-order chi connectivity index (χ0) is 18.4. The van der Waals surface area contributed by atoms with Gasteiger partial charge in [0, 0.05) is 23.7 Å². The molecule has 1 saturated heterocycles. The minimum Gasteiger partial charge on any atom is -0.466 e. The van der Waals surface area contributed by atoms with Crippen molar-refractivity contribution in [2.75, 3.05) is 19.7 Å². The van der Waals surface area contributed by atoms with E-state index in [1.54, 1.807) is 25.1 Å². The molecule has 1 aromatic rings. The Balaban J connectivity index is 2.07. The fourth-order valence-corrected chi connectivity index (χ4v) is 2.91. The van der Waals surface area contributed by atoms with Gasteiger partial charge in [0.25, 0.3) is 5.91 Å². The van der Waals surface area contributed by atoms with Gasteiger partial charge in [-0.3, -0.25) is 19.7 Å². The molecule has 1 aromatic carbocycles. The second-order valence-corrected chi connectivity index (χ2v) is 6.10.